The van der Waals surface area contributed by atoms with Crippen molar-refractivity contribution in [2.75, 3.05) is 6.54 Å². The number of aliphatic hydroxyl groups is 1. The zero-order valence-corrected chi connectivity index (χ0v) is 14.0. The monoisotopic (exact) mass is 373 g/mol. The van der Waals surface area contributed by atoms with E-state index in [-0.39, 0.29) is 6.61 Å². The molecule has 0 spiro atoms. The molecule has 0 saturated heterocycles. The fourth-order valence-corrected chi connectivity index (χ4v) is 2.50. The number of aliphatic hydroxyl groups excluding tert-OH is 1. The van der Waals surface area contributed by atoms with Crippen molar-refractivity contribution in [3.05, 3.63) is 46.6 Å². The Morgan fingerprint density at radius 2 is 2.08 bits per heavy atom. The first-order valence-corrected chi connectivity index (χ1v) is 7.73. The zero-order chi connectivity index (χ0) is 19.3. The highest BCUT2D eigenvalue weighted by Crippen LogP contribution is 2.23. The summed E-state index contributed by atoms with van der Waals surface area (Å²) >= 11 is 0. The number of carbonyl (C=O) groups is 1. The minimum Gasteiger partial charge on any atom is -0.475 e. The van der Waals surface area contributed by atoms with E-state index < -0.39 is 12.1 Å². The second-order valence-electron chi connectivity index (χ2n) is 5.72. The Kier molecular flexibility index (Phi) is 6.32. The number of fused-ring (bicyclic) bond motifs is 1. The fourth-order valence-electron chi connectivity index (χ4n) is 2.50. The molecule has 3 rings (SSSR count). The Balaban J connectivity index is 0.000000298. The van der Waals surface area contributed by atoms with Gasteiger partial charge in [0.25, 0.3) is 0 Å². The van der Waals surface area contributed by atoms with Gasteiger partial charge in [0.05, 0.1) is 12.3 Å². The number of hydrogen-bond acceptors (Lipinski definition) is 6. The Bertz CT molecular complexity index is 748. The van der Waals surface area contributed by atoms with E-state index in [2.05, 4.69) is 15.0 Å². The molecule has 26 heavy (non-hydrogen) atoms. The van der Waals surface area contributed by atoms with Gasteiger partial charge in [-0.2, -0.15) is 13.2 Å². The van der Waals surface area contributed by atoms with Crippen LogP contribution in [0.1, 0.15) is 28.4 Å². The Hall–Kier alpha value is -2.46. The predicted molar refractivity (Wildman–Crippen MR) is 82.9 cm³/mol. The summed E-state index contributed by atoms with van der Waals surface area (Å²) in [5, 5.41) is 20.3. The summed E-state index contributed by atoms with van der Waals surface area (Å²) in [5.74, 6) is -1.84. The Morgan fingerprint density at radius 3 is 2.65 bits per heavy atom. The van der Waals surface area contributed by atoms with Crippen LogP contribution in [0.4, 0.5) is 13.2 Å². The summed E-state index contributed by atoms with van der Waals surface area (Å²) in [4.78, 5) is 15.7. The number of aryl methyl sites for hydroxylation is 1. The van der Waals surface area contributed by atoms with Crippen LogP contribution in [0.25, 0.3) is 0 Å². The Labute approximate surface area is 147 Å². The number of rotatable bonds is 3. The van der Waals surface area contributed by atoms with Gasteiger partial charge in [0.2, 0.25) is 0 Å². The quantitative estimate of drug-likeness (QED) is 0.849. The molecule has 0 aliphatic carbocycles. The number of nitrogens with zero attached hydrogens (tertiary/aromatic N) is 3. The molecule has 7 nitrogen and oxygen atoms in total. The van der Waals surface area contributed by atoms with Crippen LogP contribution in [0.3, 0.4) is 0 Å². The lowest BCUT2D eigenvalue weighted by Gasteiger charge is -2.25. The first kappa shape index (κ1) is 19.9. The second-order valence-corrected chi connectivity index (χ2v) is 5.72. The van der Waals surface area contributed by atoms with Gasteiger partial charge in [-0.15, -0.1) is 0 Å². The SMILES string of the molecule is Cc1cccc(CN2CCc3onc(CO)c3C2)n1.O=C(O)C(F)(F)F. The molecule has 0 aromatic carbocycles. The largest absolute Gasteiger partial charge is 0.490 e. The molecular formula is C16H18F3N3O4. The van der Waals surface area contributed by atoms with Gasteiger partial charge in [-0.25, -0.2) is 4.79 Å². The van der Waals surface area contributed by atoms with Crippen LogP contribution in [0, 0.1) is 6.92 Å². The van der Waals surface area contributed by atoms with E-state index in [1.807, 2.05) is 25.1 Å². The van der Waals surface area contributed by atoms with E-state index in [0.29, 0.717) is 5.69 Å². The number of hydrogen-bond donors (Lipinski definition) is 2. The smallest absolute Gasteiger partial charge is 0.475 e. The standard InChI is InChI=1S/C14H17N3O2.C2HF3O2/c1-10-3-2-4-11(15-10)7-17-6-5-14-12(8-17)13(9-18)16-19-14;3-2(4,5)1(6)7/h2-4,18H,5-9H2,1H3;(H,6,7). The molecule has 2 aromatic rings. The number of carboxylic acid groups (broad SMARTS) is 1. The fraction of sp³-hybridized carbons (Fsp3) is 0.438. The van der Waals surface area contributed by atoms with Gasteiger partial charge >= 0.3 is 12.1 Å². The molecule has 3 heterocycles. The molecule has 1 aliphatic rings. The molecule has 142 valence electrons. The van der Waals surface area contributed by atoms with Gasteiger partial charge in [0.15, 0.2) is 0 Å². The van der Waals surface area contributed by atoms with Crippen LogP contribution in [-0.2, 0) is 30.9 Å². The van der Waals surface area contributed by atoms with Crippen LogP contribution in [0.15, 0.2) is 22.7 Å². The normalized spacial score (nSPS) is 14.3. The maximum atomic E-state index is 10.6. The van der Waals surface area contributed by atoms with Gasteiger partial charge in [-0.05, 0) is 19.1 Å². The van der Waals surface area contributed by atoms with Crippen LogP contribution < -0.4 is 0 Å². The van der Waals surface area contributed by atoms with Crippen molar-refractivity contribution in [2.24, 2.45) is 0 Å². The molecule has 2 N–H and O–H groups in total. The lowest BCUT2D eigenvalue weighted by molar-refractivity contribution is -0.192. The van der Waals surface area contributed by atoms with Crippen molar-refractivity contribution in [1.82, 2.24) is 15.0 Å². The molecule has 0 bridgehead atoms. The summed E-state index contributed by atoms with van der Waals surface area (Å²) < 4.78 is 37.0. The summed E-state index contributed by atoms with van der Waals surface area (Å²) in [5.41, 5.74) is 3.82. The van der Waals surface area contributed by atoms with Crippen LogP contribution >= 0.6 is 0 Å². The molecular weight excluding hydrogens is 355 g/mol. The van der Waals surface area contributed by atoms with E-state index in [4.69, 9.17) is 14.4 Å². The molecule has 0 saturated carbocycles. The van der Waals surface area contributed by atoms with Gasteiger partial charge in [0, 0.05) is 37.3 Å². The highest BCUT2D eigenvalue weighted by molar-refractivity contribution is 5.73. The average molecular weight is 373 g/mol. The number of pyridine rings is 1. The molecule has 2 aromatic heterocycles. The van der Waals surface area contributed by atoms with Gasteiger partial charge in [-0.3, -0.25) is 9.88 Å². The van der Waals surface area contributed by atoms with E-state index in [1.165, 1.54) is 0 Å². The van der Waals surface area contributed by atoms with E-state index in [1.54, 1.807) is 0 Å². The van der Waals surface area contributed by atoms with E-state index in [0.717, 1.165) is 48.8 Å². The zero-order valence-electron chi connectivity index (χ0n) is 14.0. The number of halogens is 3. The lowest BCUT2D eigenvalue weighted by Crippen LogP contribution is -2.30. The highest BCUT2D eigenvalue weighted by atomic mass is 19.4. The molecule has 0 fully saturated rings. The average Bonchev–Trinajstić information content (AvgIpc) is 2.97. The first-order chi connectivity index (χ1) is 12.2. The molecule has 0 amide bonds. The summed E-state index contributed by atoms with van der Waals surface area (Å²) in [7, 11) is 0. The highest BCUT2D eigenvalue weighted by Gasteiger charge is 2.38. The summed E-state index contributed by atoms with van der Waals surface area (Å²) in [6, 6.07) is 6.08. The summed E-state index contributed by atoms with van der Waals surface area (Å²) in [6.07, 6.45) is -4.24. The maximum absolute atomic E-state index is 10.6. The van der Waals surface area contributed by atoms with Crippen molar-refractivity contribution >= 4 is 5.97 Å². The van der Waals surface area contributed by atoms with Gasteiger partial charge in [0.1, 0.15) is 11.5 Å². The number of alkyl halides is 3. The van der Waals surface area contributed by atoms with Gasteiger partial charge in [-0.1, -0.05) is 11.2 Å². The van der Waals surface area contributed by atoms with Crippen LogP contribution in [0.2, 0.25) is 0 Å². The third-order valence-electron chi connectivity index (χ3n) is 3.71. The van der Waals surface area contributed by atoms with Crippen LogP contribution in [0.5, 0.6) is 0 Å². The molecule has 0 unspecified atom stereocenters. The maximum Gasteiger partial charge on any atom is 0.490 e. The van der Waals surface area contributed by atoms with E-state index >= 15 is 0 Å². The molecule has 10 heteroatoms. The van der Waals surface area contributed by atoms with Crippen molar-refractivity contribution in [3.8, 4) is 0 Å². The van der Waals surface area contributed by atoms with Crippen molar-refractivity contribution in [1.29, 1.82) is 0 Å². The lowest BCUT2D eigenvalue weighted by atomic mass is 10.1. The second kappa shape index (κ2) is 8.28. The Morgan fingerprint density at radius 1 is 1.38 bits per heavy atom. The molecule has 1 aliphatic heterocycles. The predicted octanol–water partition coefficient (Wildman–Crippen LogP) is 2.06. The number of carboxylic acids is 1. The topological polar surface area (TPSA) is 99.7 Å². The number of aliphatic carboxylic acids is 1. The van der Waals surface area contributed by atoms with Crippen molar-refractivity contribution in [2.45, 2.75) is 39.2 Å². The van der Waals surface area contributed by atoms with E-state index in [9.17, 15) is 18.3 Å². The first-order valence-electron chi connectivity index (χ1n) is 7.73. The van der Waals surface area contributed by atoms with Crippen LogP contribution in [-0.4, -0.2) is 43.9 Å². The van der Waals surface area contributed by atoms with Crippen molar-refractivity contribution < 1.29 is 32.7 Å². The number of aromatic nitrogens is 2. The van der Waals surface area contributed by atoms with Crippen molar-refractivity contribution in [3.63, 3.8) is 0 Å². The molecule has 0 atom stereocenters. The minimum atomic E-state index is -5.08. The molecule has 0 radical (unpaired) electrons. The third-order valence-corrected chi connectivity index (χ3v) is 3.71. The van der Waals surface area contributed by atoms with Gasteiger partial charge < -0.3 is 14.7 Å². The third kappa shape index (κ3) is 5.27. The summed E-state index contributed by atoms with van der Waals surface area (Å²) in [6.45, 7) is 4.46. The minimum absolute atomic E-state index is 0.0602.